The summed E-state index contributed by atoms with van der Waals surface area (Å²) in [4.78, 5) is 2.46. The van der Waals surface area contributed by atoms with Crippen LogP contribution in [0, 0.1) is 5.41 Å². The van der Waals surface area contributed by atoms with E-state index >= 15 is 0 Å². The molecule has 1 aromatic rings. The molecule has 18 heavy (non-hydrogen) atoms. The molecule has 0 aromatic heterocycles. The van der Waals surface area contributed by atoms with Crippen LogP contribution in [-0.4, -0.2) is 25.2 Å². The lowest BCUT2D eigenvalue weighted by Gasteiger charge is -2.45. The highest BCUT2D eigenvalue weighted by molar-refractivity contribution is 6.30. The Morgan fingerprint density at radius 3 is 2.67 bits per heavy atom. The first-order valence-corrected chi connectivity index (χ1v) is 7.01. The Hall–Kier alpha value is -0.730. The van der Waals surface area contributed by atoms with Gasteiger partial charge in [-0.15, -0.1) is 0 Å². The number of rotatable bonds is 1. The number of benzene rings is 1. The van der Waals surface area contributed by atoms with E-state index in [0.29, 0.717) is 12.1 Å². The molecule has 100 valence electrons. The Morgan fingerprint density at radius 2 is 2.06 bits per heavy atom. The van der Waals surface area contributed by atoms with Gasteiger partial charge in [-0.2, -0.15) is 0 Å². The molecule has 0 spiro atoms. The van der Waals surface area contributed by atoms with Crippen LogP contribution >= 0.6 is 11.6 Å². The molecule has 2 unspecified atom stereocenters. The van der Waals surface area contributed by atoms with Crippen molar-refractivity contribution >= 4 is 17.3 Å². The van der Waals surface area contributed by atoms with E-state index in [1.54, 1.807) is 0 Å². The zero-order valence-electron chi connectivity index (χ0n) is 11.7. The molecule has 0 saturated carbocycles. The second-order valence-electron chi connectivity index (χ2n) is 6.31. The molecule has 3 heteroatoms. The smallest absolute Gasteiger partial charge is 0.0426 e. The van der Waals surface area contributed by atoms with E-state index in [1.807, 2.05) is 12.1 Å². The summed E-state index contributed by atoms with van der Waals surface area (Å²) in [6.07, 6.45) is 0. The molecule has 1 saturated heterocycles. The second-order valence-corrected chi connectivity index (χ2v) is 6.74. The first-order chi connectivity index (χ1) is 8.38. The molecule has 2 atom stereocenters. The number of piperazine rings is 1. The molecular formula is C15H23ClN2. The third-order valence-electron chi connectivity index (χ3n) is 3.76. The van der Waals surface area contributed by atoms with Gasteiger partial charge in [0.25, 0.3) is 0 Å². The van der Waals surface area contributed by atoms with Gasteiger partial charge in [-0.3, -0.25) is 0 Å². The molecule has 1 N–H and O–H groups in total. The number of nitrogens with zero attached hydrogens (tertiary/aromatic N) is 1. The van der Waals surface area contributed by atoms with Crippen molar-refractivity contribution in [2.75, 3.05) is 18.0 Å². The van der Waals surface area contributed by atoms with Crippen LogP contribution in [0.2, 0.25) is 5.02 Å². The number of hydrogen-bond acceptors (Lipinski definition) is 2. The van der Waals surface area contributed by atoms with Gasteiger partial charge >= 0.3 is 0 Å². The normalized spacial score (nSPS) is 25.3. The maximum atomic E-state index is 6.10. The van der Waals surface area contributed by atoms with E-state index in [-0.39, 0.29) is 5.41 Å². The molecule has 1 aromatic carbocycles. The van der Waals surface area contributed by atoms with E-state index in [9.17, 15) is 0 Å². The zero-order valence-corrected chi connectivity index (χ0v) is 12.5. The summed E-state index contributed by atoms with van der Waals surface area (Å²) in [6.45, 7) is 11.2. The van der Waals surface area contributed by atoms with Crippen molar-refractivity contribution in [2.45, 2.75) is 39.8 Å². The van der Waals surface area contributed by atoms with Crippen LogP contribution in [0.1, 0.15) is 27.7 Å². The van der Waals surface area contributed by atoms with Gasteiger partial charge in [-0.25, -0.2) is 0 Å². The summed E-state index contributed by atoms with van der Waals surface area (Å²) >= 11 is 6.10. The van der Waals surface area contributed by atoms with Gasteiger partial charge in [0.05, 0.1) is 0 Å². The SMILES string of the molecule is CC1CNC(C(C)(C)C)CN1c1cccc(Cl)c1. The third kappa shape index (κ3) is 2.99. The van der Waals surface area contributed by atoms with E-state index in [2.05, 4.69) is 50.0 Å². The van der Waals surface area contributed by atoms with E-state index in [1.165, 1.54) is 5.69 Å². The van der Waals surface area contributed by atoms with Crippen LogP contribution in [0.25, 0.3) is 0 Å². The minimum Gasteiger partial charge on any atom is -0.366 e. The van der Waals surface area contributed by atoms with E-state index in [4.69, 9.17) is 11.6 Å². The van der Waals surface area contributed by atoms with Crippen LogP contribution in [0.4, 0.5) is 5.69 Å². The third-order valence-corrected chi connectivity index (χ3v) is 3.99. The Balaban J connectivity index is 2.20. The molecular weight excluding hydrogens is 244 g/mol. The van der Waals surface area contributed by atoms with Gasteiger partial charge in [0.2, 0.25) is 0 Å². The van der Waals surface area contributed by atoms with E-state index in [0.717, 1.165) is 18.1 Å². The van der Waals surface area contributed by atoms with Crippen molar-refractivity contribution in [1.82, 2.24) is 5.32 Å². The second kappa shape index (κ2) is 5.10. The van der Waals surface area contributed by atoms with Crippen LogP contribution < -0.4 is 10.2 Å². The zero-order chi connectivity index (χ0) is 13.3. The summed E-state index contributed by atoms with van der Waals surface area (Å²) < 4.78 is 0. The molecule has 1 fully saturated rings. The lowest BCUT2D eigenvalue weighted by molar-refractivity contribution is 0.239. The number of halogens is 1. The van der Waals surface area contributed by atoms with Crippen molar-refractivity contribution in [3.8, 4) is 0 Å². The topological polar surface area (TPSA) is 15.3 Å². The molecule has 0 amide bonds. The molecule has 1 heterocycles. The molecule has 2 nitrogen and oxygen atoms in total. The predicted molar refractivity (Wildman–Crippen MR) is 79.5 cm³/mol. The maximum absolute atomic E-state index is 6.10. The largest absolute Gasteiger partial charge is 0.366 e. The van der Waals surface area contributed by atoms with Gasteiger partial charge in [0.15, 0.2) is 0 Å². The van der Waals surface area contributed by atoms with Crippen LogP contribution in [0.5, 0.6) is 0 Å². The standard InChI is InChI=1S/C15H23ClN2/c1-11-9-17-14(15(2,3)4)10-18(11)13-7-5-6-12(16)8-13/h5-8,11,14,17H,9-10H2,1-4H3. The average molecular weight is 267 g/mol. The van der Waals surface area contributed by atoms with E-state index < -0.39 is 0 Å². The van der Waals surface area contributed by atoms with Crippen LogP contribution in [0.15, 0.2) is 24.3 Å². The minimum atomic E-state index is 0.275. The quantitative estimate of drug-likeness (QED) is 0.836. The Morgan fingerprint density at radius 1 is 1.33 bits per heavy atom. The predicted octanol–water partition coefficient (Wildman–Crippen LogP) is 3.55. The first kappa shape index (κ1) is 13.7. The van der Waals surface area contributed by atoms with Crippen LogP contribution in [-0.2, 0) is 0 Å². The summed E-state index contributed by atoms with van der Waals surface area (Å²) in [7, 11) is 0. The van der Waals surface area contributed by atoms with Gasteiger partial charge in [0, 0.05) is 35.9 Å². The lowest BCUT2D eigenvalue weighted by atomic mass is 9.84. The monoisotopic (exact) mass is 266 g/mol. The molecule has 2 rings (SSSR count). The molecule has 0 radical (unpaired) electrons. The Kier molecular flexibility index (Phi) is 3.88. The van der Waals surface area contributed by atoms with Gasteiger partial charge in [-0.05, 0) is 30.5 Å². The minimum absolute atomic E-state index is 0.275. The Labute approximate surface area is 115 Å². The number of nitrogens with one attached hydrogen (secondary N) is 1. The molecule has 1 aliphatic rings. The van der Waals surface area contributed by atoms with Crippen molar-refractivity contribution < 1.29 is 0 Å². The van der Waals surface area contributed by atoms with Gasteiger partial charge in [0.1, 0.15) is 0 Å². The fourth-order valence-corrected chi connectivity index (χ4v) is 2.64. The van der Waals surface area contributed by atoms with Gasteiger partial charge in [-0.1, -0.05) is 38.4 Å². The highest BCUT2D eigenvalue weighted by Gasteiger charge is 2.32. The molecule has 1 aliphatic heterocycles. The molecule has 0 bridgehead atoms. The summed E-state index contributed by atoms with van der Waals surface area (Å²) in [5, 5.41) is 4.46. The highest BCUT2D eigenvalue weighted by atomic mass is 35.5. The fourth-order valence-electron chi connectivity index (χ4n) is 2.46. The Bertz CT molecular complexity index is 411. The van der Waals surface area contributed by atoms with Crippen LogP contribution in [0.3, 0.4) is 0 Å². The lowest BCUT2D eigenvalue weighted by Crippen LogP contribution is -2.59. The first-order valence-electron chi connectivity index (χ1n) is 6.63. The van der Waals surface area contributed by atoms with Crippen molar-refractivity contribution in [3.63, 3.8) is 0 Å². The van der Waals surface area contributed by atoms with Crippen molar-refractivity contribution in [1.29, 1.82) is 0 Å². The van der Waals surface area contributed by atoms with Gasteiger partial charge < -0.3 is 10.2 Å². The number of hydrogen-bond donors (Lipinski definition) is 1. The van der Waals surface area contributed by atoms with Crippen molar-refractivity contribution in [2.24, 2.45) is 5.41 Å². The number of anilines is 1. The van der Waals surface area contributed by atoms with Crippen molar-refractivity contribution in [3.05, 3.63) is 29.3 Å². The summed E-state index contributed by atoms with van der Waals surface area (Å²) in [5.74, 6) is 0. The highest BCUT2D eigenvalue weighted by Crippen LogP contribution is 2.28. The fraction of sp³-hybridized carbons (Fsp3) is 0.600. The average Bonchev–Trinajstić information content (AvgIpc) is 2.28. The maximum Gasteiger partial charge on any atom is 0.0426 e. The summed E-state index contributed by atoms with van der Waals surface area (Å²) in [5.41, 5.74) is 1.50. The molecule has 0 aliphatic carbocycles. The summed E-state index contributed by atoms with van der Waals surface area (Å²) in [6, 6.07) is 9.17.